The Morgan fingerprint density at radius 1 is 0.452 bits per heavy atom. The van der Waals surface area contributed by atoms with Gasteiger partial charge in [-0.05, 0) is 83.4 Å². The maximum atomic E-state index is 2.55. The fourth-order valence-electron chi connectivity index (χ4n) is 6.19. The summed E-state index contributed by atoms with van der Waals surface area (Å²) < 4.78 is 0. The van der Waals surface area contributed by atoms with Crippen molar-refractivity contribution in [3.05, 3.63) is 0 Å². The minimum Gasteiger partial charge on any atom is -0.0628 e. The first kappa shape index (κ1) is 31.0. The second-order valence-electron chi connectivity index (χ2n) is 16.5. The third-order valence-electron chi connectivity index (χ3n) is 8.14. The van der Waals surface area contributed by atoms with Crippen molar-refractivity contribution in [1.82, 2.24) is 0 Å². The minimum absolute atomic E-state index is 0.335. The van der Waals surface area contributed by atoms with E-state index in [4.69, 9.17) is 0 Å². The Hall–Kier alpha value is 0. The first-order chi connectivity index (χ1) is 13.5. The van der Waals surface area contributed by atoms with E-state index in [0.717, 1.165) is 5.92 Å². The van der Waals surface area contributed by atoms with Gasteiger partial charge in [-0.1, -0.05) is 117 Å². The third kappa shape index (κ3) is 13.3. The van der Waals surface area contributed by atoms with Crippen LogP contribution in [0.2, 0.25) is 0 Å². The van der Waals surface area contributed by atoms with Crippen LogP contribution in [0, 0.1) is 38.4 Å². The van der Waals surface area contributed by atoms with Gasteiger partial charge in [-0.2, -0.15) is 0 Å². The van der Waals surface area contributed by atoms with Gasteiger partial charge >= 0.3 is 0 Å². The van der Waals surface area contributed by atoms with Gasteiger partial charge < -0.3 is 0 Å². The van der Waals surface area contributed by atoms with Crippen LogP contribution in [-0.4, -0.2) is 0 Å². The van der Waals surface area contributed by atoms with Gasteiger partial charge in [0.25, 0.3) is 0 Å². The van der Waals surface area contributed by atoms with Crippen molar-refractivity contribution in [1.29, 1.82) is 0 Å². The van der Waals surface area contributed by atoms with Gasteiger partial charge in [-0.3, -0.25) is 0 Å². The molecular formula is C31H64. The first-order valence-electron chi connectivity index (χ1n) is 13.5. The van der Waals surface area contributed by atoms with E-state index >= 15 is 0 Å². The lowest BCUT2D eigenvalue weighted by molar-refractivity contribution is 0.00672. The fourth-order valence-corrected chi connectivity index (χ4v) is 6.19. The zero-order chi connectivity index (χ0) is 24.9. The molecule has 0 rings (SSSR count). The molecule has 0 aromatic carbocycles. The summed E-state index contributed by atoms with van der Waals surface area (Å²) in [5, 5.41) is 0. The molecule has 0 amide bonds. The highest BCUT2D eigenvalue weighted by atomic mass is 14.5. The van der Waals surface area contributed by atoms with Gasteiger partial charge in [-0.25, -0.2) is 0 Å². The topological polar surface area (TPSA) is 0 Å². The van der Waals surface area contributed by atoms with E-state index in [1.54, 1.807) is 0 Å². The number of rotatable bonds is 14. The molecule has 0 saturated heterocycles. The molecule has 0 aliphatic rings. The highest BCUT2D eigenvalue weighted by molar-refractivity contribution is 4.93. The largest absolute Gasteiger partial charge is 0.0628 e. The van der Waals surface area contributed by atoms with Crippen molar-refractivity contribution in [2.75, 3.05) is 0 Å². The maximum Gasteiger partial charge on any atom is -0.0298 e. The third-order valence-corrected chi connectivity index (χ3v) is 8.14. The molecule has 0 aromatic heterocycles. The molecule has 0 heteroatoms. The first-order valence-corrected chi connectivity index (χ1v) is 13.5. The van der Waals surface area contributed by atoms with Crippen molar-refractivity contribution in [3.63, 3.8) is 0 Å². The Morgan fingerprint density at radius 2 is 0.806 bits per heavy atom. The molecule has 0 fully saturated rings. The predicted octanol–water partition coefficient (Wildman–Crippen LogP) is 11.3. The summed E-state index contributed by atoms with van der Waals surface area (Å²) in [5.74, 6) is 0.791. The van der Waals surface area contributed by atoms with Gasteiger partial charge in [0.1, 0.15) is 0 Å². The van der Waals surface area contributed by atoms with Crippen LogP contribution in [0.5, 0.6) is 0 Å². The normalized spacial score (nSPS) is 15.1. The Balaban J connectivity index is 4.96. The van der Waals surface area contributed by atoms with Crippen molar-refractivity contribution < 1.29 is 0 Å². The van der Waals surface area contributed by atoms with Crippen molar-refractivity contribution in [2.45, 2.75) is 162 Å². The number of hydrogen-bond donors (Lipinski definition) is 0. The van der Waals surface area contributed by atoms with Gasteiger partial charge in [-0.15, -0.1) is 0 Å². The Bertz CT molecular complexity index is 505. The van der Waals surface area contributed by atoms with E-state index in [9.17, 15) is 0 Å². The summed E-state index contributed by atoms with van der Waals surface area (Å²) >= 11 is 0. The fraction of sp³-hybridized carbons (Fsp3) is 1.00. The summed E-state index contributed by atoms with van der Waals surface area (Å²) in [4.78, 5) is 0. The maximum absolute atomic E-state index is 2.55. The molecule has 0 aromatic rings. The molecule has 0 bridgehead atoms. The summed E-state index contributed by atoms with van der Waals surface area (Å²) in [6, 6.07) is 0. The van der Waals surface area contributed by atoms with Crippen LogP contribution in [0.15, 0.2) is 0 Å². The lowest BCUT2D eigenvalue weighted by Crippen LogP contribution is -2.40. The average molecular weight is 437 g/mol. The molecule has 0 aliphatic heterocycles. The van der Waals surface area contributed by atoms with Crippen LogP contribution in [0.25, 0.3) is 0 Å². The minimum atomic E-state index is 0.335. The van der Waals surface area contributed by atoms with Gasteiger partial charge in [0.05, 0.1) is 0 Å². The van der Waals surface area contributed by atoms with E-state index in [1.807, 2.05) is 0 Å². The molecule has 0 unspecified atom stereocenters. The molecule has 0 aliphatic carbocycles. The molecule has 31 heavy (non-hydrogen) atoms. The molecule has 0 spiro atoms. The lowest BCUT2D eigenvalue weighted by atomic mass is 9.56. The highest BCUT2D eigenvalue weighted by Crippen LogP contribution is 2.53. The predicted molar refractivity (Wildman–Crippen MR) is 145 cm³/mol. The molecule has 0 atom stereocenters. The van der Waals surface area contributed by atoms with Crippen molar-refractivity contribution in [3.8, 4) is 0 Å². The van der Waals surface area contributed by atoms with Crippen LogP contribution in [0.1, 0.15) is 162 Å². The summed E-state index contributed by atoms with van der Waals surface area (Å²) in [6.45, 7) is 37.0. The summed E-state index contributed by atoms with van der Waals surface area (Å²) in [7, 11) is 0. The highest BCUT2D eigenvalue weighted by Gasteiger charge is 2.43. The van der Waals surface area contributed by atoms with Crippen LogP contribution in [0.3, 0.4) is 0 Å². The van der Waals surface area contributed by atoms with Gasteiger partial charge in [0.15, 0.2) is 0 Å². The SMILES string of the molecule is CC(C)CC(C)(C)CCC(C)(C)CC(C)(C)C(C)(C)CC(C)(C)CCCCC(C)(C)C. The molecule has 0 nitrogen and oxygen atoms in total. The van der Waals surface area contributed by atoms with Crippen LogP contribution >= 0.6 is 0 Å². The molecule has 0 saturated carbocycles. The zero-order valence-corrected chi connectivity index (χ0v) is 24.9. The Kier molecular flexibility index (Phi) is 11.0. The standard InChI is InChI=1S/C31H64/c1-25(2)22-27(6,7)20-21-29(10,11)24-31(14,15)30(12,13)23-28(8,9)19-17-16-18-26(3,4)5/h25H,16-24H2,1-15H3. The van der Waals surface area contributed by atoms with Crippen molar-refractivity contribution >= 4 is 0 Å². The quantitative estimate of drug-likeness (QED) is 0.237. The van der Waals surface area contributed by atoms with Crippen LogP contribution < -0.4 is 0 Å². The van der Waals surface area contributed by atoms with E-state index in [2.05, 4.69) is 104 Å². The second-order valence-corrected chi connectivity index (χ2v) is 16.5. The van der Waals surface area contributed by atoms with E-state index in [1.165, 1.54) is 57.8 Å². The van der Waals surface area contributed by atoms with Crippen LogP contribution in [-0.2, 0) is 0 Å². The molecule has 0 N–H and O–H groups in total. The second kappa shape index (κ2) is 11.0. The number of hydrogen-bond acceptors (Lipinski definition) is 0. The van der Waals surface area contributed by atoms with E-state index < -0.39 is 0 Å². The van der Waals surface area contributed by atoms with E-state index in [-0.39, 0.29) is 0 Å². The average Bonchev–Trinajstić information content (AvgIpc) is 2.45. The van der Waals surface area contributed by atoms with Gasteiger partial charge in [0, 0.05) is 0 Å². The van der Waals surface area contributed by atoms with E-state index in [0.29, 0.717) is 32.5 Å². The van der Waals surface area contributed by atoms with Gasteiger partial charge in [0.2, 0.25) is 0 Å². The monoisotopic (exact) mass is 437 g/mol. The number of unbranched alkanes of at least 4 members (excludes halogenated alkanes) is 1. The summed E-state index contributed by atoms with van der Waals surface area (Å²) in [5.41, 5.74) is 2.42. The Morgan fingerprint density at radius 3 is 1.19 bits per heavy atom. The Labute approximate surface area is 200 Å². The van der Waals surface area contributed by atoms with Crippen molar-refractivity contribution in [2.24, 2.45) is 38.4 Å². The molecule has 0 radical (unpaired) electrons. The summed E-state index contributed by atoms with van der Waals surface area (Å²) in [6.07, 6.45) is 12.1. The zero-order valence-electron chi connectivity index (χ0n) is 24.9. The molecule has 188 valence electrons. The lowest BCUT2D eigenvalue weighted by Gasteiger charge is -2.50. The smallest absolute Gasteiger partial charge is 0.0298 e. The van der Waals surface area contributed by atoms with Crippen LogP contribution in [0.4, 0.5) is 0 Å². The molecule has 0 heterocycles. The molecular weight excluding hydrogens is 372 g/mol.